The van der Waals surface area contributed by atoms with Crippen LogP contribution in [0.5, 0.6) is 0 Å². The minimum atomic E-state index is 0.446. The Hall–Kier alpha value is -0.860. The Morgan fingerprint density at radius 2 is 2.24 bits per heavy atom. The largest absolute Gasteiger partial charge is 0.381 e. The molecular weight excluding hydrogens is 210 g/mol. The lowest BCUT2D eigenvalue weighted by Gasteiger charge is -2.32. The van der Waals surface area contributed by atoms with E-state index >= 15 is 0 Å². The van der Waals surface area contributed by atoms with Crippen LogP contribution in [-0.2, 0) is 4.74 Å². The summed E-state index contributed by atoms with van der Waals surface area (Å²) in [6.07, 6.45) is 2.46. The van der Waals surface area contributed by atoms with E-state index in [9.17, 15) is 0 Å². The second kappa shape index (κ2) is 6.18. The molecule has 1 aliphatic rings. The maximum atomic E-state index is 5.63. The standard InChI is InChI=1S/C15H23NO/c1-3-16-15(13-8-6-10-17-11-13)14-9-5-4-7-12(14)2/h4-5,7,9,13,15-16H,3,6,8,10-11H2,1-2H3. The normalized spacial score (nSPS) is 22.4. The maximum absolute atomic E-state index is 5.63. The summed E-state index contributed by atoms with van der Waals surface area (Å²) in [5.74, 6) is 0.616. The molecule has 0 radical (unpaired) electrons. The van der Waals surface area contributed by atoms with Crippen molar-refractivity contribution >= 4 is 0 Å². The first-order valence-electron chi connectivity index (χ1n) is 6.69. The van der Waals surface area contributed by atoms with Crippen molar-refractivity contribution in [2.24, 2.45) is 5.92 Å². The Bertz CT molecular complexity index is 345. The molecule has 1 aromatic rings. The summed E-state index contributed by atoms with van der Waals surface area (Å²) in [7, 11) is 0. The minimum absolute atomic E-state index is 0.446. The van der Waals surface area contributed by atoms with Crippen LogP contribution in [0.4, 0.5) is 0 Å². The molecule has 1 N–H and O–H groups in total. The summed E-state index contributed by atoms with van der Waals surface area (Å²) in [6.45, 7) is 7.21. The van der Waals surface area contributed by atoms with E-state index in [0.717, 1.165) is 19.8 Å². The fourth-order valence-electron chi connectivity index (χ4n) is 2.71. The van der Waals surface area contributed by atoms with Crippen molar-refractivity contribution in [3.05, 3.63) is 35.4 Å². The van der Waals surface area contributed by atoms with E-state index in [1.165, 1.54) is 24.0 Å². The van der Waals surface area contributed by atoms with Gasteiger partial charge in [0.15, 0.2) is 0 Å². The average molecular weight is 233 g/mol. The van der Waals surface area contributed by atoms with Crippen LogP contribution in [0.2, 0.25) is 0 Å². The van der Waals surface area contributed by atoms with Gasteiger partial charge in [0.05, 0.1) is 6.61 Å². The van der Waals surface area contributed by atoms with E-state index in [1.54, 1.807) is 0 Å². The summed E-state index contributed by atoms with van der Waals surface area (Å²) in [5, 5.41) is 3.63. The second-order valence-electron chi connectivity index (χ2n) is 4.87. The Morgan fingerprint density at radius 1 is 1.41 bits per heavy atom. The molecule has 1 fully saturated rings. The van der Waals surface area contributed by atoms with Crippen LogP contribution < -0.4 is 5.32 Å². The van der Waals surface area contributed by atoms with Crippen molar-refractivity contribution in [2.45, 2.75) is 32.7 Å². The van der Waals surface area contributed by atoms with Crippen molar-refractivity contribution in [2.75, 3.05) is 19.8 Å². The van der Waals surface area contributed by atoms with Gasteiger partial charge in [0.25, 0.3) is 0 Å². The Balaban J connectivity index is 2.18. The highest BCUT2D eigenvalue weighted by atomic mass is 16.5. The summed E-state index contributed by atoms with van der Waals surface area (Å²) in [4.78, 5) is 0. The maximum Gasteiger partial charge on any atom is 0.0512 e. The fourth-order valence-corrected chi connectivity index (χ4v) is 2.71. The predicted molar refractivity (Wildman–Crippen MR) is 71.1 cm³/mol. The third-order valence-electron chi connectivity index (χ3n) is 3.61. The first-order valence-corrected chi connectivity index (χ1v) is 6.69. The van der Waals surface area contributed by atoms with Crippen molar-refractivity contribution in [1.82, 2.24) is 5.32 Å². The van der Waals surface area contributed by atoms with Crippen LogP contribution in [0.3, 0.4) is 0 Å². The highest BCUT2D eigenvalue weighted by Crippen LogP contribution is 2.30. The number of ether oxygens (including phenoxy) is 1. The van der Waals surface area contributed by atoms with Gasteiger partial charge in [0.2, 0.25) is 0 Å². The average Bonchev–Trinajstić information content (AvgIpc) is 2.38. The molecule has 0 spiro atoms. The summed E-state index contributed by atoms with van der Waals surface area (Å²) < 4.78 is 5.63. The molecular formula is C15H23NO. The zero-order valence-electron chi connectivity index (χ0n) is 10.9. The zero-order valence-corrected chi connectivity index (χ0v) is 10.9. The van der Waals surface area contributed by atoms with Crippen LogP contribution >= 0.6 is 0 Å². The molecule has 94 valence electrons. The van der Waals surface area contributed by atoms with E-state index < -0.39 is 0 Å². The Kier molecular flexibility index (Phi) is 4.57. The lowest BCUT2D eigenvalue weighted by molar-refractivity contribution is 0.0392. The number of aryl methyl sites for hydroxylation is 1. The molecule has 1 aromatic carbocycles. The van der Waals surface area contributed by atoms with Gasteiger partial charge in [-0.25, -0.2) is 0 Å². The van der Waals surface area contributed by atoms with Crippen LogP contribution in [0.1, 0.15) is 36.9 Å². The molecule has 0 saturated carbocycles. The van der Waals surface area contributed by atoms with Crippen LogP contribution in [0.25, 0.3) is 0 Å². The fraction of sp³-hybridized carbons (Fsp3) is 0.600. The quantitative estimate of drug-likeness (QED) is 0.863. The van der Waals surface area contributed by atoms with Crippen molar-refractivity contribution in [3.63, 3.8) is 0 Å². The number of benzene rings is 1. The third kappa shape index (κ3) is 3.08. The summed E-state index contributed by atoms with van der Waals surface area (Å²) in [6, 6.07) is 9.14. The van der Waals surface area contributed by atoms with E-state index in [4.69, 9.17) is 4.74 Å². The van der Waals surface area contributed by atoms with Crippen molar-refractivity contribution in [3.8, 4) is 0 Å². The second-order valence-corrected chi connectivity index (χ2v) is 4.87. The van der Waals surface area contributed by atoms with Gasteiger partial charge >= 0.3 is 0 Å². The molecule has 2 nitrogen and oxygen atoms in total. The van der Waals surface area contributed by atoms with E-state index in [2.05, 4.69) is 43.4 Å². The highest BCUT2D eigenvalue weighted by Gasteiger charge is 2.25. The number of hydrogen-bond donors (Lipinski definition) is 1. The lowest BCUT2D eigenvalue weighted by atomic mass is 9.87. The highest BCUT2D eigenvalue weighted by molar-refractivity contribution is 5.29. The Labute approximate surface area is 104 Å². The van der Waals surface area contributed by atoms with Crippen LogP contribution in [0, 0.1) is 12.8 Å². The van der Waals surface area contributed by atoms with Crippen molar-refractivity contribution < 1.29 is 4.74 Å². The van der Waals surface area contributed by atoms with Gasteiger partial charge in [-0.2, -0.15) is 0 Å². The first kappa shape index (κ1) is 12.6. The molecule has 0 amide bonds. The van der Waals surface area contributed by atoms with E-state index in [-0.39, 0.29) is 0 Å². The lowest BCUT2D eigenvalue weighted by Crippen LogP contribution is -2.33. The third-order valence-corrected chi connectivity index (χ3v) is 3.61. The van der Waals surface area contributed by atoms with Gasteiger partial charge in [-0.1, -0.05) is 31.2 Å². The first-order chi connectivity index (χ1) is 8.33. The van der Waals surface area contributed by atoms with Gasteiger partial charge in [0, 0.05) is 18.6 Å². The van der Waals surface area contributed by atoms with Crippen LogP contribution in [-0.4, -0.2) is 19.8 Å². The Morgan fingerprint density at radius 3 is 2.88 bits per heavy atom. The molecule has 1 aliphatic heterocycles. The molecule has 2 unspecified atom stereocenters. The smallest absolute Gasteiger partial charge is 0.0512 e. The van der Waals surface area contributed by atoms with Gasteiger partial charge in [0.1, 0.15) is 0 Å². The molecule has 0 aliphatic carbocycles. The molecule has 2 heteroatoms. The topological polar surface area (TPSA) is 21.3 Å². The van der Waals surface area contributed by atoms with Gasteiger partial charge < -0.3 is 10.1 Å². The predicted octanol–water partition coefficient (Wildman–Crippen LogP) is 3.07. The number of nitrogens with one attached hydrogen (secondary N) is 1. The molecule has 17 heavy (non-hydrogen) atoms. The molecule has 2 rings (SSSR count). The van der Waals surface area contributed by atoms with Crippen molar-refractivity contribution in [1.29, 1.82) is 0 Å². The van der Waals surface area contributed by atoms with E-state index in [0.29, 0.717) is 12.0 Å². The van der Waals surface area contributed by atoms with Gasteiger partial charge in [-0.3, -0.25) is 0 Å². The molecule has 2 atom stereocenters. The molecule has 0 bridgehead atoms. The van der Waals surface area contributed by atoms with E-state index in [1.807, 2.05) is 0 Å². The number of rotatable bonds is 4. The minimum Gasteiger partial charge on any atom is -0.381 e. The molecule has 1 heterocycles. The number of hydrogen-bond acceptors (Lipinski definition) is 2. The van der Waals surface area contributed by atoms with Gasteiger partial charge in [-0.05, 0) is 37.4 Å². The van der Waals surface area contributed by atoms with Crippen LogP contribution in [0.15, 0.2) is 24.3 Å². The molecule has 1 saturated heterocycles. The molecule has 0 aromatic heterocycles. The SMILES string of the molecule is CCNC(c1ccccc1C)C1CCCOC1. The monoisotopic (exact) mass is 233 g/mol. The summed E-state index contributed by atoms with van der Waals surface area (Å²) >= 11 is 0. The summed E-state index contributed by atoms with van der Waals surface area (Å²) in [5.41, 5.74) is 2.81. The van der Waals surface area contributed by atoms with Gasteiger partial charge in [-0.15, -0.1) is 0 Å². The zero-order chi connectivity index (χ0) is 12.1.